The molecule has 0 fully saturated rings. The van der Waals surface area contributed by atoms with Gasteiger partial charge < -0.3 is 0 Å². The molecule has 0 aliphatic rings. The van der Waals surface area contributed by atoms with Crippen molar-refractivity contribution in [2.24, 2.45) is 0 Å². The molecule has 2 aromatic heterocycles. The van der Waals surface area contributed by atoms with E-state index < -0.39 is 0 Å². The van der Waals surface area contributed by atoms with Gasteiger partial charge in [0.05, 0.1) is 0 Å². The van der Waals surface area contributed by atoms with Crippen molar-refractivity contribution in [3.63, 3.8) is 0 Å². The van der Waals surface area contributed by atoms with Gasteiger partial charge in [0, 0.05) is 30.6 Å². The summed E-state index contributed by atoms with van der Waals surface area (Å²) >= 11 is 5.90. The first-order chi connectivity index (χ1) is 6.86. The van der Waals surface area contributed by atoms with E-state index in [9.17, 15) is 0 Å². The van der Waals surface area contributed by atoms with E-state index in [4.69, 9.17) is 11.6 Å². The summed E-state index contributed by atoms with van der Waals surface area (Å²) in [5, 5.41) is 0.504. The topological polar surface area (TPSA) is 38.7 Å². The van der Waals surface area contributed by atoms with Gasteiger partial charge in [-0.1, -0.05) is 17.7 Å². The van der Waals surface area contributed by atoms with Gasteiger partial charge in [-0.2, -0.15) is 0 Å². The van der Waals surface area contributed by atoms with Crippen LogP contribution in [0.4, 0.5) is 0 Å². The third-order valence-corrected chi connectivity index (χ3v) is 2.19. The van der Waals surface area contributed by atoms with Gasteiger partial charge in [-0.05, 0) is 11.6 Å². The van der Waals surface area contributed by atoms with E-state index in [1.807, 2.05) is 18.3 Å². The molecule has 0 saturated carbocycles. The van der Waals surface area contributed by atoms with Gasteiger partial charge in [0.15, 0.2) is 0 Å². The van der Waals surface area contributed by atoms with Crippen LogP contribution in [0.3, 0.4) is 0 Å². The fourth-order valence-electron chi connectivity index (χ4n) is 1.18. The molecule has 0 unspecified atom stereocenters. The molecular formula is C10H8ClN3. The molecule has 0 radical (unpaired) electrons. The van der Waals surface area contributed by atoms with Gasteiger partial charge in [-0.25, -0.2) is 9.97 Å². The summed E-state index contributed by atoms with van der Waals surface area (Å²) in [6.07, 6.45) is 7.43. The van der Waals surface area contributed by atoms with Crippen LogP contribution in [0.5, 0.6) is 0 Å². The average molecular weight is 206 g/mol. The lowest BCUT2D eigenvalue weighted by atomic mass is 10.1. The maximum atomic E-state index is 5.90. The summed E-state index contributed by atoms with van der Waals surface area (Å²) in [7, 11) is 0. The van der Waals surface area contributed by atoms with Crippen molar-refractivity contribution < 1.29 is 0 Å². The summed E-state index contributed by atoms with van der Waals surface area (Å²) in [4.78, 5) is 11.9. The van der Waals surface area contributed by atoms with Gasteiger partial charge in [0.1, 0.15) is 11.5 Å². The standard InChI is InChI=1S/C10H8ClN3/c11-10-9(6-13-7-14-10)4-8-2-1-3-12-5-8/h1-3,5-7H,4H2. The lowest BCUT2D eigenvalue weighted by Crippen LogP contribution is -1.92. The van der Waals surface area contributed by atoms with Crippen LogP contribution >= 0.6 is 11.6 Å². The molecule has 4 heteroatoms. The first-order valence-electron chi connectivity index (χ1n) is 4.19. The quantitative estimate of drug-likeness (QED) is 0.705. The monoisotopic (exact) mass is 205 g/mol. The summed E-state index contributed by atoms with van der Waals surface area (Å²) in [6, 6.07) is 3.89. The summed E-state index contributed by atoms with van der Waals surface area (Å²) in [5.41, 5.74) is 2.02. The molecule has 0 N–H and O–H groups in total. The fraction of sp³-hybridized carbons (Fsp3) is 0.100. The maximum absolute atomic E-state index is 5.90. The van der Waals surface area contributed by atoms with E-state index in [0.717, 1.165) is 11.1 Å². The highest BCUT2D eigenvalue weighted by molar-refractivity contribution is 6.30. The fourth-order valence-corrected chi connectivity index (χ4v) is 1.34. The Bertz CT molecular complexity index is 417. The summed E-state index contributed by atoms with van der Waals surface area (Å²) in [5.74, 6) is 0. The van der Waals surface area contributed by atoms with Gasteiger partial charge >= 0.3 is 0 Å². The Morgan fingerprint density at radius 1 is 1.21 bits per heavy atom. The highest BCUT2D eigenvalue weighted by Crippen LogP contribution is 2.14. The Kier molecular flexibility index (Phi) is 2.70. The predicted molar refractivity (Wildman–Crippen MR) is 54.1 cm³/mol. The van der Waals surface area contributed by atoms with Crippen molar-refractivity contribution in [2.75, 3.05) is 0 Å². The van der Waals surface area contributed by atoms with Crippen LogP contribution in [-0.2, 0) is 6.42 Å². The van der Waals surface area contributed by atoms with Gasteiger partial charge in [0.25, 0.3) is 0 Å². The minimum atomic E-state index is 0.504. The second-order valence-corrected chi connectivity index (χ2v) is 3.23. The zero-order valence-corrected chi connectivity index (χ0v) is 8.15. The third kappa shape index (κ3) is 2.06. The van der Waals surface area contributed by atoms with Crippen LogP contribution in [-0.4, -0.2) is 15.0 Å². The van der Waals surface area contributed by atoms with Crippen molar-refractivity contribution in [1.82, 2.24) is 15.0 Å². The first-order valence-corrected chi connectivity index (χ1v) is 4.57. The maximum Gasteiger partial charge on any atom is 0.135 e. The van der Waals surface area contributed by atoms with Crippen molar-refractivity contribution in [3.8, 4) is 0 Å². The largest absolute Gasteiger partial charge is 0.264 e. The number of rotatable bonds is 2. The van der Waals surface area contributed by atoms with E-state index in [1.54, 1.807) is 12.4 Å². The smallest absolute Gasteiger partial charge is 0.135 e. The number of halogens is 1. The third-order valence-electron chi connectivity index (χ3n) is 1.85. The first kappa shape index (κ1) is 9.09. The number of aromatic nitrogens is 3. The Hall–Kier alpha value is -1.48. The molecule has 2 heterocycles. The van der Waals surface area contributed by atoms with Crippen LogP contribution in [0.2, 0.25) is 5.15 Å². The molecule has 70 valence electrons. The van der Waals surface area contributed by atoms with E-state index in [2.05, 4.69) is 15.0 Å². The highest BCUT2D eigenvalue weighted by Gasteiger charge is 2.01. The molecule has 14 heavy (non-hydrogen) atoms. The SMILES string of the molecule is Clc1ncncc1Cc1cccnc1. The highest BCUT2D eigenvalue weighted by atomic mass is 35.5. The summed E-state index contributed by atoms with van der Waals surface area (Å²) in [6.45, 7) is 0. The number of hydrogen-bond acceptors (Lipinski definition) is 3. The normalized spacial score (nSPS) is 10.1. The molecule has 0 aliphatic heterocycles. The second kappa shape index (κ2) is 4.15. The Labute approximate surface area is 86.8 Å². The van der Waals surface area contributed by atoms with Crippen molar-refractivity contribution in [3.05, 3.63) is 53.3 Å². The number of hydrogen-bond donors (Lipinski definition) is 0. The Morgan fingerprint density at radius 2 is 2.14 bits per heavy atom. The van der Waals surface area contributed by atoms with E-state index in [1.165, 1.54) is 6.33 Å². The molecule has 0 atom stereocenters. The van der Waals surface area contributed by atoms with Crippen molar-refractivity contribution >= 4 is 11.6 Å². The number of nitrogens with zero attached hydrogens (tertiary/aromatic N) is 3. The Morgan fingerprint density at radius 3 is 2.86 bits per heavy atom. The molecule has 0 bridgehead atoms. The summed E-state index contributed by atoms with van der Waals surface area (Å²) < 4.78 is 0. The van der Waals surface area contributed by atoms with Gasteiger partial charge in [0.2, 0.25) is 0 Å². The van der Waals surface area contributed by atoms with Crippen molar-refractivity contribution in [2.45, 2.75) is 6.42 Å². The Balaban J connectivity index is 2.24. The van der Waals surface area contributed by atoms with Crippen LogP contribution in [0, 0.1) is 0 Å². The zero-order valence-electron chi connectivity index (χ0n) is 7.39. The van der Waals surface area contributed by atoms with Crippen LogP contribution in [0.1, 0.15) is 11.1 Å². The van der Waals surface area contributed by atoms with E-state index in [0.29, 0.717) is 11.6 Å². The van der Waals surface area contributed by atoms with Crippen LogP contribution in [0.15, 0.2) is 37.1 Å². The molecule has 2 rings (SSSR count). The predicted octanol–water partition coefficient (Wildman–Crippen LogP) is 2.12. The molecule has 0 saturated heterocycles. The molecule has 3 nitrogen and oxygen atoms in total. The zero-order chi connectivity index (χ0) is 9.80. The van der Waals surface area contributed by atoms with E-state index in [-0.39, 0.29) is 0 Å². The number of pyridine rings is 1. The molecule has 0 spiro atoms. The minimum absolute atomic E-state index is 0.504. The molecule has 0 amide bonds. The second-order valence-electron chi connectivity index (χ2n) is 2.88. The van der Waals surface area contributed by atoms with Crippen molar-refractivity contribution in [1.29, 1.82) is 0 Å². The van der Waals surface area contributed by atoms with Crippen LogP contribution in [0.25, 0.3) is 0 Å². The molecule has 2 aromatic rings. The van der Waals surface area contributed by atoms with Crippen LogP contribution < -0.4 is 0 Å². The van der Waals surface area contributed by atoms with Gasteiger partial charge in [-0.3, -0.25) is 4.98 Å². The molecule has 0 aromatic carbocycles. The van der Waals surface area contributed by atoms with Gasteiger partial charge in [-0.15, -0.1) is 0 Å². The molecule has 0 aliphatic carbocycles. The minimum Gasteiger partial charge on any atom is -0.264 e. The van der Waals surface area contributed by atoms with E-state index >= 15 is 0 Å². The average Bonchev–Trinajstić information content (AvgIpc) is 2.23. The molecular weight excluding hydrogens is 198 g/mol. The lowest BCUT2D eigenvalue weighted by Gasteiger charge is -2.01. The lowest BCUT2D eigenvalue weighted by molar-refractivity contribution is 1.06.